The lowest BCUT2D eigenvalue weighted by Crippen LogP contribution is -2.21. The summed E-state index contributed by atoms with van der Waals surface area (Å²) in [5, 5.41) is 3.81. The van der Waals surface area contributed by atoms with Crippen LogP contribution in [-0.4, -0.2) is 10.5 Å². The highest BCUT2D eigenvalue weighted by Crippen LogP contribution is 2.30. The summed E-state index contributed by atoms with van der Waals surface area (Å²) in [5.74, 6) is -0.445. The second kappa shape index (κ2) is 7.50. The van der Waals surface area contributed by atoms with Gasteiger partial charge in [-0.15, -0.1) is 0 Å². The zero-order chi connectivity index (χ0) is 21.5. The van der Waals surface area contributed by atoms with E-state index in [4.69, 9.17) is 11.6 Å². The van der Waals surface area contributed by atoms with Crippen LogP contribution in [0.1, 0.15) is 5.56 Å². The standard InChI is InChI=1S/C22H14ClF3N2O2/c23-14-7-10-19-17(11-14)21(30)16-3-1-2-4-18(16)28(19)12-20(29)27-15-8-5-13(6-9-15)22(24,25)26/h1-11H,12H2,(H,27,29). The molecule has 0 bridgehead atoms. The Kier molecular flexibility index (Phi) is 4.99. The fraction of sp³-hybridized carbons (Fsp3) is 0.0909. The third kappa shape index (κ3) is 3.76. The molecule has 1 aromatic heterocycles. The Bertz CT molecular complexity index is 1330. The van der Waals surface area contributed by atoms with Gasteiger partial charge in [0, 0.05) is 21.5 Å². The summed E-state index contributed by atoms with van der Waals surface area (Å²) in [6.45, 7) is -0.139. The van der Waals surface area contributed by atoms with Gasteiger partial charge in [0.1, 0.15) is 6.54 Å². The van der Waals surface area contributed by atoms with Crippen molar-refractivity contribution >= 4 is 45.0 Å². The Morgan fingerprint density at radius 1 is 0.933 bits per heavy atom. The molecule has 30 heavy (non-hydrogen) atoms. The van der Waals surface area contributed by atoms with E-state index < -0.39 is 17.6 Å². The number of nitrogens with one attached hydrogen (secondary N) is 1. The molecule has 0 unspecified atom stereocenters. The SMILES string of the molecule is O=C(Cn1c2ccccc2c(=O)c2cc(Cl)ccc21)Nc1ccc(C(F)(F)F)cc1. The molecule has 1 N–H and O–H groups in total. The number of aromatic nitrogens is 1. The molecular formula is C22H14ClF3N2O2. The minimum absolute atomic E-state index is 0.139. The van der Waals surface area contributed by atoms with E-state index in [0.717, 1.165) is 12.1 Å². The number of rotatable bonds is 3. The van der Waals surface area contributed by atoms with Gasteiger partial charge in [-0.2, -0.15) is 13.2 Å². The van der Waals surface area contributed by atoms with Crippen molar-refractivity contribution in [3.8, 4) is 0 Å². The molecule has 4 rings (SSSR count). The summed E-state index contributed by atoms with van der Waals surface area (Å²) in [6.07, 6.45) is -4.45. The zero-order valence-corrected chi connectivity index (χ0v) is 16.1. The summed E-state index contributed by atoms with van der Waals surface area (Å²) in [7, 11) is 0. The molecule has 152 valence electrons. The molecule has 0 saturated carbocycles. The maximum atomic E-state index is 12.8. The molecule has 0 saturated heterocycles. The van der Waals surface area contributed by atoms with Crippen LogP contribution in [0, 0.1) is 0 Å². The molecule has 8 heteroatoms. The molecule has 0 aliphatic carbocycles. The molecule has 1 amide bonds. The lowest BCUT2D eigenvalue weighted by atomic mass is 10.1. The number of anilines is 1. The summed E-state index contributed by atoms with van der Waals surface area (Å²) in [4.78, 5) is 25.5. The van der Waals surface area contributed by atoms with Gasteiger partial charge in [0.15, 0.2) is 5.43 Å². The molecular weight excluding hydrogens is 417 g/mol. The van der Waals surface area contributed by atoms with Gasteiger partial charge in [-0.05, 0) is 54.6 Å². The van der Waals surface area contributed by atoms with Gasteiger partial charge in [-0.25, -0.2) is 0 Å². The van der Waals surface area contributed by atoms with Gasteiger partial charge in [0.2, 0.25) is 5.91 Å². The van der Waals surface area contributed by atoms with Crippen molar-refractivity contribution in [3.63, 3.8) is 0 Å². The number of para-hydroxylation sites is 1. The molecule has 0 aliphatic rings. The van der Waals surface area contributed by atoms with Crippen LogP contribution in [-0.2, 0) is 17.5 Å². The molecule has 1 heterocycles. The Balaban J connectivity index is 1.71. The number of nitrogens with zero attached hydrogens (tertiary/aromatic N) is 1. The number of alkyl halides is 3. The van der Waals surface area contributed by atoms with Crippen LogP contribution in [0.25, 0.3) is 21.8 Å². The third-order valence-corrected chi connectivity index (χ3v) is 4.97. The second-order valence-electron chi connectivity index (χ2n) is 6.72. The number of pyridine rings is 1. The Hall–Kier alpha value is -3.32. The molecule has 0 aliphatic heterocycles. The summed E-state index contributed by atoms with van der Waals surface area (Å²) >= 11 is 6.04. The van der Waals surface area contributed by atoms with Gasteiger partial charge >= 0.3 is 6.18 Å². The summed E-state index contributed by atoms with van der Waals surface area (Å²) < 4.78 is 39.8. The van der Waals surface area contributed by atoms with Crippen molar-refractivity contribution < 1.29 is 18.0 Å². The quantitative estimate of drug-likeness (QED) is 0.438. The average Bonchev–Trinajstić information content (AvgIpc) is 2.71. The van der Waals surface area contributed by atoms with Gasteiger partial charge in [0.05, 0.1) is 16.6 Å². The summed E-state index contributed by atoms with van der Waals surface area (Å²) in [6, 6.07) is 15.9. The van der Waals surface area contributed by atoms with Gasteiger partial charge in [-0.1, -0.05) is 23.7 Å². The van der Waals surface area contributed by atoms with Crippen molar-refractivity contribution in [1.82, 2.24) is 4.57 Å². The molecule has 0 spiro atoms. The fourth-order valence-corrected chi connectivity index (χ4v) is 3.53. The first-order valence-electron chi connectivity index (χ1n) is 8.92. The van der Waals surface area contributed by atoms with E-state index in [-0.39, 0.29) is 17.7 Å². The summed E-state index contributed by atoms with van der Waals surface area (Å²) in [5.41, 5.74) is 0.355. The first kappa shape index (κ1) is 20.0. The molecule has 4 nitrogen and oxygen atoms in total. The first-order chi connectivity index (χ1) is 14.2. The molecule has 0 fully saturated rings. The number of halogens is 4. The predicted molar refractivity (Wildman–Crippen MR) is 111 cm³/mol. The van der Waals surface area contributed by atoms with E-state index in [1.807, 2.05) is 0 Å². The number of fused-ring (bicyclic) bond motifs is 2. The van der Waals surface area contributed by atoms with E-state index in [1.165, 1.54) is 12.1 Å². The maximum absolute atomic E-state index is 12.8. The first-order valence-corrected chi connectivity index (χ1v) is 9.30. The van der Waals surface area contributed by atoms with Crippen LogP contribution in [0.5, 0.6) is 0 Å². The normalized spacial score (nSPS) is 11.7. The largest absolute Gasteiger partial charge is 0.416 e. The lowest BCUT2D eigenvalue weighted by Gasteiger charge is -2.15. The van der Waals surface area contributed by atoms with E-state index in [9.17, 15) is 22.8 Å². The fourth-order valence-electron chi connectivity index (χ4n) is 3.36. The van der Waals surface area contributed by atoms with Crippen LogP contribution in [0.4, 0.5) is 18.9 Å². The topological polar surface area (TPSA) is 51.1 Å². The van der Waals surface area contributed by atoms with Gasteiger partial charge in [-0.3, -0.25) is 9.59 Å². The van der Waals surface area contributed by atoms with Crippen molar-refractivity contribution in [2.24, 2.45) is 0 Å². The number of benzene rings is 3. The monoisotopic (exact) mass is 430 g/mol. The van der Waals surface area contributed by atoms with E-state index in [2.05, 4.69) is 5.32 Å². The molecule has 3 aromatic carbocycles. The minimum Gasteiger partial charge on any atom is -0.331 e. The highest BCUT2D eigenvalue weighted by atomic mass is 35.5. The molecule has 0 atom stereocenters. The highest BCUT2D eigenvalue weighted by Gasteiger charge is 2.30. The van der Waals surface area contributed by atoms with Crippen molar-refractivity contribution in [3.05, 3.63) is 87.5 Å². The number of carbonyl (C=O) groups excluding carboxylic acids is 1. The Morgan fingerprint density at radius 2 is 1.60 bits per heavy atom. The number of hydrogen-bond acceptors (Lipinski definition) is 2. The number of carbonyl (C=O) groups is 1. The second-order valence-corrected chi connectivity index (χ2v) is 7.15. The van der Waals surface area contributed by atoms with Gasteiger partial charge in [0.25, 0.3) is 0 Å². The van der Waals surface area contributed by atoms with E-state index in [1.54, 1.807) is 47.0 Å². The van der Waals surface area contributed by atoms with Crippen molar-refractivity contribution in [1.29, 1.82) is 0 Å². The Morgan fingerprint density at radius 3 is 2.30 bits per heavy atom. The zero-order valence-electron chi connectivity index (χ0n) is 15.3. The third-order valence-electron chi connectivity index (χ3n) is 4.73. The minimum atomic E-state index is -4.45. The predicted octanol–water partition coefficient (Wildman–Crippen LogP) is 5.47. The smallest absolute Gasteiger partial charge is 0.331 e. The van der Waals surface area contributed by atoms with Crippen molar-refractivity contribution in [2.75, 3.05) is 5.32 Å². The van der Waals surface area contributed by atoms with Crippen molar-refractivity contribution in [2.45, 2.75) is 12.7 Å². The van der Waals surface area contributed by atoms with Crippen LogP contribution in [0.3, 0.4) is 0 Å². The van der Waals surface area contributed by atoms with Crippen LogP contribution in [0.15, 0.2) is 71.5 Å². The van der Waals surface area contributed by atoms with E-state index in [0.29, 0.717) is 26.8 Å². The molecule has 0 radical (unpaired) electrons. The highest BCUT2D eigenvalue weighted by molar-refractivity contribution is 6.31. The maximum Gasteiger partial charge on any atom is 0.416 e. The number of hydrogen-bond donors (Lipinski definition) is 1. The van der Waals surface area contributed by atoms with Crippen LogP contribution in [0.2, 0.25) is 5.02 Å². The van der Waals surface area contributed by atoms with E-state index >= 15 is 0 Å². The van der Waals surface area contributed by atoms with Gasteiger partial charge < -0.3 is 9.88 Å². The van der Waals surface area contributed by atoms with Crippen LogP contribution < -0.4 is 10.7 Å². The number of amides is 1. The Labute approximate surface area is 173 Å². The molecule has 4 aromatic rings. The lowest BCUT2D eigenvalue weighted by molar-refractivity contribution is -0.137. The van der Waals surface area contributed by atoms with Crippen LogP contribution >= 0.6 is 11.6 Å². The average molecular weight is 431 g/mol.